The van der Waals surface area contributed by atoms with Gasteiger partial charge in [0.15, 0.2) is 0 Å². The Hall–Kier alpha value is -2.45. The van der Waals surface area contributed by atoms with Crippen molar-refractivity contribution in [2.24, 2.45) is 5.92 Å². The highest BCUT2D eigenvalue weighted by atomic mass is 32.2. The fourth-order valence-electron chi connectivity index (χ4n) is 2.90. The van der Waals surface area contributed by atoms with Crippen molar-refractivity contribution >= 4 is 52.2 Å². The number of nitrogens with one attached hydrogen (secondary N) is 1. The van der Waals surface area contributed by atoms with E-state index >= 15 is 0 Å². The number of carboxylic acid groups (broad SMARTS) is 1. The predicted octanol–water partition coefficient (Wildman–Crippen LogP) is 3.84. The van der Waals surface area contributed by atoms with E-state index in [4.69, 9.17) is 12.2 Å². The Labute approximate surface area is 186 Å². The minimum atomic E-state index is -1.06. The number of carbonyl (C=O) groups is 3. The number of carboxylic acids is 1. The molecule has 0 aliphatic carbocycles. The highest BCUT2D eigenvalue weighted by Crippen LogP contribution is 2.32. The van der Waals surface area contributed by atoms with E-state index in [1.54, 1.807) is 13.0 Å². The van der Waals surface area contributed by atoms with Crippen molar-refractivity contribution in [2.75, 3.05) is 6.54 Å². The average molecular weight is 447 g/mol. The largest absolute Gasteiger partial charge is 0.480 e. The van der Waals surface area contributed by atoms with Gasteiger partial charge in [-0.2, -0.15) is 0 Å². The van der Waals surface area contributed by atoms with Crippen LogP contribution in [0.25, 0.3) is 6.08 Å². The van der Waals surface area contributed by atoms with Gasteiger partial charge in [0.25, 0.3) is 5.91 Å². The standard InChI is InChI=1S/C22H26N2O4S2/c1-4-15(3)19(21(27)28)23-18(25)10-11-24-20(26)17(30-22(24)29)13-14(2)12-16-8-6-5-7-9-16/h5-9,12-13,15,19H,4,10-11H2,1-3H3,(H,23,25)(H,27,28)/b14-12+,17-13+/t15-,19-/m1/s1. The Bertz CT molecular complexity index is 880. The zero-order valence-corrected chi connectivity index (χ0v) is 18.9. The molecular formula is C22H26N2O4S2. The third-order valence-corrected chi connectivity index (χ3v) is 6.16. The predicted molar refractivity (Wildman–Crippen MR) is 124 cm³/mol. The lowest BCUT2D eigenvalue weighted by Gasteiger charge is -2.21. The van der Waals surface area contributed by atoms with Crippen LogP contribution in [0.3, 0.4) is 0 Å². The molecule has 30 heavy (non-hydrogen) atoms. The molecule has 0 radical (unpaired) electrons. The summed E-state index contributed by atoms with van der Waals surface area (Å²) in [5, 5.41) is 11.8. The van der Waals surface area contributed by atoms with Crippen LogP contribution in [0.1, 0.15) is 39.2 Å². The highest BCUT2D eigenvalue weighted by Gasteiger charge is 2.32. The minimum Gasteiger partial charge on any atom is -0.480 e. The second-order valence-corrected chi connectivity index (χ2v) is 8.83. The lowest BCUT2D eigenvalue weighted by atomic mass is 9.99. The van der Waals surface area contributed by atoms with Crippen LogP contribution < -0.4 is 5.32 Å². The quantitative estimate of drug-likeness (QED) is 0.443. The van der Waals surface area contributed by atoms with E-state index in [1.165, 1.54) is 16.7 Å². The average Bonchev–Trinajstić information content (AvgIpc) is 2.97. The Kier molecular flexibility index (Phi) is 8.80. The molecule has 1 aromatic rings. The molecule has 1 fully saturated rings. The van der Waals surface area contributed by atoms with E-state index in [1.807, 2.05) is 50.3 Å². The normalized spacial score (nSPS) is 17.9. The fraction of sp³-hybridized carbons (Fsp3) is 0.364. The van der Waals surface area contributed by atoms with Crippen LogP contribution in [0, 0.1) is 5.92 Å². The van der Waals surface area contributed by atoms with Gasteiger partial charge in [-0.25, -0.2) is 4.79 Å². The van der Waals surface area contributed by atoms with Crippen LogP contribution in [0.5, 0.6) is 0 Å². The van der Waals surface area contributed by atoms with Crippen molar-refractivity contribution in [3.8, 4) is 0 Å². The van der Waals surface area contributed by atoms with Gasteiger partial charge >= 0.3 is 5.97 Å². The molecule has 1 saturated heterocycles. The highest BCUT2D eigenvalue weighted by molar-refractivity contribution is 8.26. The number of thioether (sulfide) groups is 1. The van der Waals surface area contributed by atoms with E-state index in [0.717, 1.165) is 11.1 Å². The minimum absolute atomic E-state index is 0.0151. The van der Waals surface area contributed by atoms with Gasteiger partial charge in [-0.15, -0.1) is 0 Å². The Morgan fingerprint density at radius 3 is 2.57 bits per heavy atom. The van der Waals surface area contributed by atoms with E-state index < -0.39 is 17.9 Å². The van der Waals surface area contributed by atoms with Crippen LogP contribution in [0.4, 0.5) is 0 Å². The Morgan fingerprint density at radius 2 is 1.97 bits per heavy atom. The summed E-state index contributed by atoms with van der Waals surface area (Å²) in [5.41, 5.74) is 1.95. The molecule has 8 heteroatoms. The number of hydrogen-bond donors (Lipinski definition) is 2. The van der Waals surface area contributed by atoms with Gasteiger partial charge in [-0.3, -0.25) is 14.5 Å². The topological polar surface area (TPSA) is 86.7 Å². The van der Waals surface area contributed by atoms with Crippen LogP contribution in [0.15, 0.2) is 46.9 Å². The van der Waals surface area contributed by atoms with Crippen LogP contribution in [-0.2, 0) is 14.4 Å². The molecule has 0 bridgehead atoms. The van der Waals surface area contributed by atoms with Gasteiger partial charge in [0.05, 0.1) is 4.91 Å². The second-order valence-electron chi connectivity index (χ2n) is 7.15. The molecule has 0 saturated carbocycles. The summed E-state index contributed by atoms with van der Waals surface area (Å²) >= 11 is 6.50. The maximum atomic E-state index is 12.7. The van der Waals surface area contributed by atoms with Gasteiger partial charge in [0.2, 0.25) is 5.91 Å². The number of hydrogen-bond acceptors (Lipinski definition) is 5. The third-order valence-electron chi connectivity index (χ3n) is 4.78. The summed E-state index contributed by atoms with van der Waals surface area (Å²) < 4.78 is 0.392. The first-order chi connectivity index (χ1) is 14.2. The summed E-state index contributed by atoms with van der Waals surface area (Å²) in [6.07, 6.45) is 4.38. The van der Waals surface area contributed by atoms with Crippen molar-refractivity contribution in [1.29, 1.82) is 0 Å². The number of nitrogens with zero attached hydrogens (tertiary/aromatic N) is 1. The molecule has 1 heterocycles. The van der Waals surface area contributed by atoms with Gasteiger partial charge in [0.1, 0.15) is 10.4 Å². The maximum absolute atomic E-state index is 12.7. The SMILES string of the molecule is CC[C@@H](C)[C@@H](NC(=O)CCN1C(=O)/C(=C\C(C)=C\c2ccccc2)SC1=S)C(=O)O. The second kappa shape index (κ2) is 11.1. The molecule has 2 N–H and O–H groups in total. The Morgan fingerprint density at radius 1 is 1.30 bits per heavy atom. The van der Waals surface area contributed by atoms with Crippen molar-refractivity contribution in [3.63, 3.8) is 0 Å². The van der Waals surface area contributed by atoms with Crippen molar-refractivity contribution in [2.45, 2.75) is 39.7 Å². The molecule has 1 aromatic carbocycles. The summed E-state index contributed by atoms with van der Waals surface area (Å²) in [7, 11) is 0. The lowest BCUT2D eigenvalue weighted by molar-refractivity contribution is -0.143. The van der Waals surface area contributed by atoms with Gasteiger partial charge < -0.3 is 10.4 Å². The summed E-state index contributed by atoms with van der Waals surface area (Å²) in [6.45, 7) is 5.67. The number of allylic oxidation sites excluding steroid dienone is 2. The van der Waals surface area contributed by atoms with Crippen LogP contribution >= 0.6 is 24.0 Å². The van der Waals surface area contributed by atoms with Gasteiger partial charge in [0, 0.05) is 13.0 Å². The van der Waals surface area contributed by atoms with Gasteiger partial charge in [-0.05, 0) is 30.1 Å². The summed E-state index contributed by atoms with van der Waals surface area (Å²) in [4.78, 5) is 38.2. The van der Waals surface area contributed by atoms with E-state index in [9.17, 15) is 19.5 Å². The first-order valence-electron chi connectivity index (χ1n) is 9.73. The molecule has 6 nitrogen and oxygen atoms in total. The molecule has 1 aliphatic heterocycles. The number of aliphatic carboxylic acids is 1. The first-order valence-corrected chi connectivity index (χ1v) is 11.0. The van der Waals surface area contributed by atoms with Crippen LogP contribution in [-0.4, -0.2) is 44.7 Å². The monoisotopic (exact) mass is 446 g/mol. The molecule has 1 aliphatic rings. The van der Waals surface area contributed by atoms with E-state index in [0.29, 0.717) is 15.6 Å². The van der Waals surface area contributed by atoms with E-state index in [-0.39, 0.29) is 24.8 Å². The zero-order valence-electron chi connectivity index (χ0n) is 17.3. The number of carbonyl (C=O) groups excluding carboxylic acids is 2. The smallest absolute Gasteiger partial charge is 0.326 e. The first kappa shape index (κ1) is 23.8. The molecule has 0 unspecified atom stereocenters. The number of thiocarbonyl (C=S) groups is 1. The van der Waals surface area contributed by atoms with E-state index in [2.05, 4.69) is 5.32 Å². The number of rotatable bonds is 9. The molecule has 0 aromatic heterocycles. The number of benzene rings is 1. The molecule has 2 rings (SSSR count). The third kappa shape index (κ3) is 6.53. The Balaban J connectivity index is 1.99. The molecule has 2 amide bonds. The molecular weight excluding hydrogens is 420 g/mol. The summed E-state index contributed by atoms with van der Waals surface area (Å²) in [6, 6.07) is 8.84. The molecule has 0 spiro atoms. The number of amides is 2. The van der Waals surface area contributed by atoms with Gasteiger partial charge in [-0.1, -0.05) is 80.7 Å². The fourth-order valence-corrected chi connectivity index (χ4v) is 4.25. The zero-order chi connectivity index (χ0) is 22.3. The molecule has 160 valence electrons. The lowest BCUT2D eigenvalue weighted by Crippen LogP contribution is -2.46. The van der Waals surface area contributed by atoms with Crippen LogP contribution in [0.2, 0.25) is 0 Å². The van der Waals surface area contributed by atoms with Crippen molar-refractivity contribution in [3.05, 3.63) is 52.4 Å². The van der Waals surface area contributed by atoms with Crippen molar-refractivity contribution in [1.82, 2.24) is 10.2 Å². The summed E-state index contributed by atoms with van der Waals surface area (Å²) in [5.74, 6) is -1.91. The molecule has 2 atom stereocenters. The van der Waals surface area contributed by atoms with Crippen molar-refractivity contribution < 1.29 is 19.5 Å². The maximum Gasteiger partial charge on any atom is 0.326 e.